The first kappa shape index (κ1) is 24.3. The van der Waals surface area contributed by atoms with Gasteiger partial charge in [-0.15, -0.1) is 0 Å². The van der Waals surface area contributed by atoms with E-state index in [1.54, 1.807) is 0 Å². The van der Waals surface area contributed by atoms with Crippen molar-refractivity contribution < 1.29 is 19.1 Å². The second kappa shape index (κ2) is 9.83. The zero-order chi connectivity index (χ0) is 24.5. The highest BCUT2D eigenvalue weighted by molar-refractivity contribution is 6.30. The maximum atomic E-state index is 12.9. The van der Waals surface area contributed by atoms with E-state index in [0.29, 0.717) is 16.5 Å². The maximum Gasteiger partial charge on any atom is 0.338 e. The van der Waals surface area contributed by atoms with Gasteiger partial charge in [0.05, 0.1) is 23.9 Å². The van der Waals surface area contributed by atoms with E-state index in [0.717, 1.165) is 35.0 Å². The Morgan fingerprint density at radius 2 is 1.71 bits per heavy atom. The van der Waals surface area contributed by atoms with Gasteiger partial charge < -0.3 is 14.0 Å². The van der Waals surface area contributed by atoms with Crippen LogP contribution in [0.2, 0.25) is 5.02 Å². The summed E-state index contributed by atoms with van der Waals surface area (Å²) in [7, 11) is 1.39. The van der Waals surface area contributed by atoms with Gasteiger partial charge in [0, 0.05) is 10.4 Å². The van der Waals surface area contributed by atoms with Crippen LogP contribution in [-0.4, -0.2) is 29.2 Å². The Balaban J connectivity index is 1.97. The number of esters is 2. The molecule has 0 N–H and O–H groups in total. The first-order valence-electron chi connectivity index (χ1n) is 11.9. The van der Waals surface area contributed by atoms with Crippen LogP contribution in [-0.2, 0) is 20.8 Å². The summed E-state index contributed by atoms with van der Waals surface area (Å²) in [6.07, 6.45) is 5.82. The number of nitrogens with zero attached hydrogens (tertiary/aromatic N) is 1. The molecule has 0 spiro atoms. The number of ether oxygens (including phenoxy) is 2. The van der Waals surface area contributed by atoms with Gasteiger partial charge in [-0.3, -0.25) is 4.79 Å². The lowest BCUT2D eigenvalue weighted by molar-refractivity contribution is -0.141. The molecule has 0 radical (unpaired) electrons. The SMILES string of the molecule is COC(=O)Cn1c(-c2ccc(Cl)cc2)c(C2CCCCC2)c2ccc(C(=O)OC(C)(C)C)cc21. The molecule has 1 aliphatic carbocycles. The van der Waals surface area contributed by atoms with Gasteiger partial charge in [-0.2, -0.15) is 0 Å². The number of fused-ring (bicyclic) bond motifs is 1. The van der Waals surface area contributed by atoms with E-state index in [1.165, 1.54) is 31.9 Å². The van der Waals surface area contributed by atoms with Gasteiger partial charge >= 0.3 is 11.9 Å². The molecule has 0 unspecified atom stereocenters. The summed E-state index contributed by atoms with van der Waals surface area (Å²) < 4.78 is 12.6. The number of carbonyl (C=O) groups is 2. The summed E-state index contributed by atoms with van der Waals surface area (Å²) in [6.45, 7) is 5.60. The Hall–Kier alpha value is -2.79. The average Bonchev–Trinajstić information content (AvgIpc) is 3.12. The molecule has 180 valence electrons. The highest BCUT2D eigenvalue weighted by Gasteiger charge is 2.28. The number of hydrogen-bond acceptors (Lipinski definition) is 4. The van der Waals surface area contributed by atoms with Crippen LogP contribution in [0.1, 0.15) is 74.7 Å². The molecule has 0 saturated heterocycles. The molecule has 0 amide bonds. The molecule has 0 aliphatic heterocycles. The lowest BCUT2D eigenvalue weighted by Gasteiger charge is -2.23. The van der Waals surface area contributed by atoms with Crippen LogP contribution in [0, 0.1) is 0 Å². The fourth-order valence-electron chi connectivity index (χ4n) is 4.92. The van der Waals surface area contributed by atoms with Crippen molar-refractivity contribution in [2.45, 2.75) is 70.9 Å². The van der Waals surface area contributed by atoms with Gasteiger partial charge in [-0.05, 0) is 74.9 Å². The summed E-state index contributed by atoms with van der Waals surface area (Å²) in [5, 5.41) is 1.72. The van der Waals surface area contributed by atoms with Crippen LogP contribution in [0.15, 0.2) is 42.5 Å². The minimum atomic E-state index is -0.595. The molecule has 3 aromatic rings. The van der Waals surface area contributed by atoms with Gasteiger partial charge in [0.1, 0.15) is 12.1 Å². The third kappa shape index (κ3) is 5.15. The predicted molar refractivity (Wildman–Crippen MR) is 135 cm³/mol. The summed E-state index contributed by atoms with van der Waals surface area (Å²) in [6, 6.07) is 13.4. The summed E-state index contributed by atoms with van der Waals surface area (Å²) in [5.74, 6) is -0.342. The van der Waals surface area contributed by atoms with E-state index in [-0.39, 0.29) is 18.5 Å². The first-order chi connectivity index (χ1) is 16.2. The van der Waals surface area contributed by atoms with Crippen molar-refractivity contribution in [3.8, 4) is 11.3 Å². The molecule has 1 fully saturated rings. The molecule has 5 nitrogen and oxygen atoms in total. The summed E-state index contributed by atoms with van der Waals surface area (Å²) >= 11 is 6.19. The molecule has 1 heterocycles. The number of hydrogen-bond donors (Lipinski definition) is 0. The number of methoxy groups -OCH3 is 1. The monoisotopic (exact) mass is 481 g/mol. The number of aromatic nitrogens is 1. The van der Waals surface area contributed by atoms with Crippen LogP contribution in [0.5, 0.6) is 0 Å². The molecular weight excluding hydrogens is 450 g/mol. The average molecular weight is 482 g/mol. The van der Waals surface area contributed by atoms with Crippen LogP contribution in [0.25, 0.3) is 22.2 Å². The highest BCUT2D eigenvalue weighted by Crippen LogP contribution is 2.44. The molecule has 1 aliphatic rings. The van der Waals surface area contributed by atoms with Crippen LogP contribution >= 0.6 is 11.6 Å². The molecule has 6 heteroatoms. The van der Waals surface area contributed by atoms with Crippen molar-refractivity contribution in [1.82, 2.24) is 4.57 Å². The lowest BCUT2D eigenvalue weighted by Crippen LogP contribution is -2.23. The van der Waals surface area contributed by atoms with Gasteiger partial charge in [0.2, 0.25) is 0 Å². The van der Waals surface area contributed by atoms with E-state index in [2.05, 4.69) is 0 Å². The van der Waals surface area contributed by atoms with Crippen LogP contribution in [0.3, 0.4) is 0 Å². The molecule has 1 aromatic heterocycles. The van der Waals surface area contributed by atoms with Crippen molar-refractivity contribution in [3.63, 3.8) is 0 Å². The lowest BCUT2D eigenvalue weighted by atomic mass is 9.82. The van der Waals surface area contributed by atoms with Gasteiger partial charge in [-0.1, -0.05) is 49.1 Å². The quantitative estimate of drug-likeness (QED) is 0.363. The second-order valence-electron chi connectivity index (χ2n) is 10.0. The standard InChI is InChI=1S/C28H32ClNO4/c1-28(2,3)34-27(32)20-12-15-22-23(16-20)30(17-24(31)33-4)26(19-10-13-21(29)14-11-19)25(22)18-8-6-5-7-9-18/h10-16,18H,5-9,17H2,1-4H3. The smallest absolute Gasteiger partial charge is 0.338 e. The maximum absolute atomic E-state index is 12.9. The Morgan fingerprint density at radius 3 is 2.32 bits per heavy atom. The number of benzene rings is 2. The van der Waals surface area contributed by atoms with Crippen molar-refractivity contribution >= 4 is 34.4 Å². The van der Waals surface area contributed by atoms with Crippen LogP contribution < -0.4 is 0 Å². The molecule has 1 saturated carbocycles. The second-order valence-corrected chi connectivity index (χ2v) is 10.4. The van der Waals surface area contributed by atoms with Crippen molar-refractivity contribution in [1.29, 1.82) is 0 Å². The fraction of sp³-hybridized carbons (Fsp3) is 0.429. The summed E-state index contributed by atoms with van der Waals surface area (Å²) in [4.78, 5) is 25.4. The Kier molecular flexibility index (Phi) is 7.04. The molecule has 0 bridgehead atoms. The predicted octanol–water partition coefficient (Wildman–Crippen LogP) is 7.14. The minimum absolute atomic E-state index is 0.0510. The van der Waals surface area contributed by atoms with Gasteiger partial charge in [0.15, 0.2) is 0 Å². The van der Waals surface area contributed by atoms with E-state index in [9.17, 15) is 9.59 Å². The largest absolute Gasteiger partial charge is 0.468 e. The third-order valence-corrected chi connectivity index (χ3v) is 6.64. The third-order valence-electron chi connectivity index (χ3n) is 6.38. The molecule has 4 rings (SSSR count). The zero-order valence-corrected chi connectivity index (χ0v) is 21.1. The first-order valence-corrected chi connectivity index (χ1v) is 12.3. The van der Waals surface area contributed by atoms with E-state index < -0.39 is 5.60 Å². The van der Waals surface area contributed by atoms with Gasteiger partial charge in [0.25, 0.3) is 0 Å². The van der Waals surface area contributed by atoms with Crippen molar-refractivity contribution in [3.05, 3.63) is 58.6 Å². The minimum Gasteiger partial charge on any atom is -0.468 e. The normalized spacial score (nSPS) is 14.9. The molecule has 34 heavy (non-hydrogen) atoms. The van der Waals surface area contributed by atoms with E-state index in [1.807, 2.05) is 67.8 Å². The number of carbonyl (C=O) groups excluding carboxylic acids is 2. The van der Waals surface area contributed by atoms with Gasteiger partial charge in [-0.25, -0.2) is 4.79 Å². The molecule has 2 aromatic carbocycles. The molecular formula is C28H32ClNO4. The Bertz CT molecular complexity index is 1200. The fourth-order valence-corrected chi connectivity index (χ4v) is 5.05. The van der Waals surface area contributed by atoms with Crippen molar-refractivity contribution in [2.24, 2.45) is 0 Å². The molecule has 0 atom stereocenters. The van der Waals surface area contributed by atoms with Crippen molar-refractivity contribution in [2.75, 3.05) is 7.11 Å². The summed E-state index contributed by atoms with van der Waals surface area (Å²) in [5.41, 5.74) is 3.91. The van der Waals surface area contributed by atoms with E-state index >= 15 is 0 Å². The topological polar surface area (TPSA) is 57.5 Å². The highest BCUT2D eigenvalue weighted by atomic mass is 35.5. The van der Waals surface area contributed by atoms with Crippen LogP contribution in [0.4, 0.5) is 0 Å². The zero-order valence-electron chi connectivity index (χ0n) is 20.3. The number of rotatable bonds is 5. The van der Waals surface area contributed by atoms with E-state index in [4.69, 9.17) is 21.1 Å². The Labute approximate surface area is 206 Å². The number of halogens is 1. The Morgan fingerprint density at radius 1 is 1.03 bits per heavy atom.